The Hall–Kier alpha value is -1.81. The normalized spacial score (nSPS) is 26.1. The van der Waals surface area contributed by atoms with Crippen molar-refractivity contribution in [2.24, 2.45) is 11.7 Å². The molecule has 1 saturated carbocycles. The molecule has 2 aromatic carbocycles. The molecule has 1 nitrogen and oxygen atoms in total. The summed E-state index contributed by atoms with van der Waals surface area (Å²) in [5.41, 5.74) is 11.7. The van der Waals surface area contributed by atoms with Crippen LogP contribution < -0.4 is 5.73 Å². The third kappa shape index (κ3) is 2.53. The van der Waals surface area contributed by atoms with Gasteiger partial charge in [-0.3, -0.25) is 0 Å². The minimum atomic E-state index is -4.21. The lowest BCUT2D eigenvalue weighted by Crippen LogP contribution is -2.43. The molecule has 0 bridgehead atoms. The molecule has 2 N–H and O–H groups in total. The lowest BCUT2D eigenvalue weighted by molar-refractivity contribution is -0.187. The van der Waals surface area contributed by atoms with Crippen LogP contribution in [0.3, 0.4) is 0 Å². The molecule has 1 fully saturated rings. The van der Waals surface area contributed by atoms with E-state index in [0.717, 1.165) is 18.4 Å². The van der Waals surface area contributed by atoms with E-state index in [0.29, 0.717) is 6.42 Å². The molecule has 3 unspecified atom stereocenters. The van der Waals surface area contributed by atoms with Gasteiger partial charge in [0.15, 0.2) is 0 Å². The fraction of sp³-hybridized carbons (Fsp3) is 0.400. The average Bonchev–Trinajstić information content (AvgIpc) is 2.93. The lowest BCUT2D eigenvalue weighted by atomic mass is 9.73. The van der Waals surface area contributed by atoms with Crippen LogP contribution in [0, 0.1) is 5.92 Å². The standard InChI is InChI=1S/C20H20F3N/c21-20(22,23)18-11-13(8-9-19(18)24)15-6-3-7-16-14-5-2-1-4-12(14)10-17(15)16/h1-7,13,18-19H,8-11,24H2. The first-order valence-corrected chi connectivity index (χ1v) is 8.47. The van der Waals surface area contributed by atoms with Crippen LogP contribution in [0.5, 0.6) is 0 Å². The van der Waals surface area contributed by atoms with Gasteiger partial charge >= 0.3 is 6.18 Å². The third-order valence-corrected chi connectivity index (χ3v) is 5.65. The Labute approximate surface area is 139 Å². The number of benzene rings is 2. The SMILES string of the molecule is NC1CCC(c2cccc3c2Cc2ccccc2-3)CC1C(F)(F)F. The molecule has 24 heavy (non-hydrogen) atoms. The van der Waals surface area contributed by atoms with Crippen molar-refractivity contribution in [3.05, 3.63) is 59.2 Å². The van der Waals surface area contributed by atoms with Crippen molar-refractivity contribution in [1.29, 1.82) is 0 Å². The molecule has 0 aromatic heterocycles. The van der Waals surface area contributed by atoms with Crippen LogP contribution in [0.2, 0.25) is 0 Å². The summed E-state index contributed by atoms with van der Waals surface area (Å²) >= 11 is 0. The van der Waals surface area contributed by atoms with E-state index in [1.54, 1.807) is 0 Å². The largest absolute Gasteiger partial charge is 0.393 e. The molecule has 0 radical (unpaired) electrons. The predicted molar refractivity (Wildman–Crippen MR) is 88.8 cm³/mol. The number of hydrogen-bond acceptors (Lipinski definition) is 1. The smallest absolute Gasteiger partial charge is 0.327 e. The van der Waals surface area contributed by atoms with E-state index in [4.69, 9.17) is 5.73 Å². The summed E-state index contributed by atoms with van der Waals surface area (Å²) in [6, 6.07) is 13.5. The molecule has 0 aliphatic heterocycles. The molecular weight excluding hydrogens is 311 g/mol. The Kier molecular flexibility index (Phi) is 3.68. The second kappa shape index (κ2) is 5.62. The highest BCUT2D eigenvalue weighted by Gasteiger charge is 2.47. The maximum absolute atomic E-state index is 13.3. The van der Waals surface area contributed by atoms with Gasteiger partial charge in [-0.1, -0.05) is 42.5 Å². The van der Waals surface area contributed by atoms with Gasteiger partial charge < -0.3 is 5.73 Å². The van der Waals surface area contributed by atoms with Gasteiger partial charge in [0.2, 0.25) is 0 Å². The molecule has 3 atom stereocenters. The Morgan fingerprint density at radius 1 is 0.917 bits per heavy atom. The fourth-order valence-corrected chi connectivity index (χ4v) is 4.42. The summed E-state index contributed by atoms with van der Waals surface area (Å²) < 4.78 is 39.9. The third-order valence-electron chi connectivity index (χ3n) is 5.65. The van der Waals surface area contributed by atoms with Gasteiger partial charge in [-0.25, -0.2) is 0 Å². The molecule has 0 saturated heterocycles. The first-order valence-electron chi connectivity index (χ1n) is 8.47. The van der Waals surface area contributed by atoms with Crippen molar-refractivity contribution >= 4 is 0 Å². The van der Waals surface area contributed by atoms with Crippen LogP contribution in [0.4, 0.5) is 13.2 Å². The number of nitrogens with two attached hydrogens (primary N) is 1. The van der Waals surface area contributed by atoms with Crippen molar-refractivity contribution in [2.45, 2.75) is 43.8 Å². The molecule has 0 heterocycles. The number of fused-ring (bicyclic) bond motifs is 3. The Balaban J connectivity index is 1.69. The van der Waals surface area contributed by atoms with Crippen LogP contribution in [-0.4, -0.2) is 12.2 Å². The Bertz CT molecular complexity index is 766. The van der Waals surface area contributed by atoms with Gasteiger partial charge in [0.1, 0.15) is 0 Å². The zero-order valence-electron chi connectivity index (χ0n) is 13.3. The Morgan fingerprint density at radius 2 is 1.67 bits per heavy atom. The van der Waals surface area contributed by atoms with Gasteiger partial charge in [0, 0.05) is 6.04 Å². The van der Waals surface area contributed by atoms with Gasteiger partial charge in [-0.05, 0) is 59.4 Å². The van der Waals surface area contributed by atoms with Crippen LogP contribution >= 0.6 is 0 Å². The van der Waals surface area contributed by atoms with E-state index < -0.39 is 18.1 Å². The summed E-state index contributed by atoms with van der Waals surface area (Å²) in [5, 5.41) is 0. The highest BCUT2D eigenvalue weighted by atomic mass is 19.4. The molecule has 2 aliphatic rings. The highest BCUT2D eigenvalue weighted by molar-refractivity contribution is 5.78. The van der Waals surface area contributed by atoms with E-state index in [1.165, 1.54) is 22.3 Å². The molecule has 126 valence electrons. The van der Waals surface area contributed by atoms with Crippen molar-refractivity contribution in [2.75, 3.05) is 0 Å². The molecule has 2 aliphatic carbocycles. The molecule has 0 spiro atoms. The van der Waals surface area contributed by atoms with Gasteiger partial charge in [0.25, 0.3) is 0 Å². The van der Waals surface area contributed by atoms with Crippen LogP contribution in [-0.2, 0) is 6.42 Å². The van der Waals surface area contributed by atoms with E-state index in [2.05, 4.69) is 18.2 Å². The van der Waals surface area contributed by atoms with Crippen LogP contribution in [0.25, 0.3) is 11.1 Å². The Morgan fingerprint density at radius 3 is 2.46 bits per heavy atom. The van der Waals surface area contributed by atoms with Crippen molar-refractivity contribution in [3.63, 3.8) is 0 Å². The van der Waals surface area contributed by atoms with E-state index in [1.807, 2.05) is 24.3 Å². The van der Waals surface area contributed by atoms with E-state index >= 15 is 0 Å². The second-order valence-electron chi connectivity index (χ2n) is 7.03. The molecule has 2 aromatic rings. The monoisotopic (exact) mass is 331 g/mol. The zero-order chi connectivity index (χ0) is 16.9. The summed E-state index contributed by atoms with van der Waals surface area (Å²) in [6.45, 7) is 0. The maximum Gasteiger partial charge on any atom is 0.393 e. The van der Waals surface area contributed by atoms with Crippen LogP contribution in [0.15, 0.2) is 42.5 Å². The lowest BCUT2D eigenvalue weighted by Gasteiger charge is -2.36. The topological polar surface area (TPSA) is 26.0 Å². The average molecular weight is 331 g/mol. The van der Waals surface area contributed by atoms with E-state index in [-0.39, 0.29) is 12.3 Å². The maximum atomic E-state index is 13.3. The highest BCUT2D eigenvalue weighted by Crippen LogP contribution is 2.47. The van der Waals surface area contributed by atoms with Gasteiger partial charge in [-0.2, -0.15) is 13.2 Å². The number of alkyl halides is 3. The van der Waals surface area contributed by atoms with Crippen LogP contribution in [0.1, 0.15) is 41.9 Å². The zero-order valence-corrected chi connectivity index (χ0v) is 13.3. The number of hydrogen-bond donors (Lipinski definition) is 1. The first-order chi connectivity index (χ1) is 11.4. The summed E-state index contributed by atoms with van der Waals surface area (Å²) in [7, 11) is 0. The summed E-state index contributed by atoms with van der Waals surface area (Å²) in [5.74, 6) is -1.45. The van der Waals surface area contributed by atoms with Gasteiger partial charge in [0.05, 0.1) is 5.92 Å². The molecular formula is C20H20F3N. The van der Waals surface area contributed by atoms with Crippen molar-refractivity contribution in [1.82, 2.24) is 0 Å². The molecule has 4 rings (SSSR count). The van der Waals surface area contributed by atoms with Crippen molar-refractivity contribution < 1.29 is 13.2 Å². The summed E-state index contributed by atoms with van der Waals surface area (Å²) in [4.78, 5) is 0. The van der Waals surface area contributed by atoms with Crippen molar-refractivity contribution in [3.8, 4) is 11.1 Å². The molecule has 0 amide bonds. The number of halogens is 3. The van der Waals surface area contributed by atoms with E-state index in [9.17, 15) is 13.2 Å². The molecule has 4 heteroatoms. The minimum Gasteiger partial charge on any atom is -0.327 e. The predicted octanol–water partition coefficient (Wildman–Crippen LogP) is 5.03. The number of rotatable bonds is 1. The second-order valence-corrected chi connectivity index (χ2v) is 7.03. The quantitative estimate of drug-likeness (QED) is 0.665. The van der Waals surface area contributed by atoms with Gasteiger partial charge in [-0.15, -0.1) is 0 Å². The first kappa shape index (κ1) is 15.7. The summed E-state index contributed by atoms with van der Waals surface area (Å²) in [6.07, 6.45) is -2.11. The fourth-order valence-electron chi connectivity index (χ4n) is 4.42. The minimum absolute atomic E-state index is 0.0549.